The van der Waals surface area contributed by atoms with Crippen LogP contribution in [0.15, 0.2) is 42.5 Å². The number of likely N-dealkylation sites (N-methyl/N-ethyl adjacent to an activating group) is 1. The van der Waals surface area contributed by atoms with Crippen LogP contribution in [0.3, 0.4) is 0 Å². The minimum atomic E-state index is -0.372. The van der Waals surface area contributed by atoms with E-state index >= 15 is 4.39 Å². The van der Waals surface area contributed by atoms with Crippen LogP contribution in [-0.4, -0.2) is 91.4 Å². The number of nitrogens with zero attached hydrogens (tertiary/aromatic N) is 5. The number of halogens is 1. The van der Waals surface area contributed by atoms with Crippen LogP contribution in [0.4, 0.5) is 14.9 Å². The summed E-state index contributed by atoms with van der Waals surface area (Å²) >= 11 is 0. The van der Waals surface area contributed by atoms with Gasteiger partial charge in [-0.2, -0.15) is 4.98 Å². The Morgan fingerprint density at radius 1 is 1.14 bits per heavy atom. The van der Waals surface area contributed by atoms with Gasteiger partial charge in [-0.3, -0.25) is 4.90 Å². The summed E-state index contributed by atoms with van der Waals surface area (Å²) in [6.45, 7) is 6.07. The van der Waals surface area contributed by atoms with Gasteiger partial charge in [0.1, 0.15) is 5.82 Å². The van der Waals surface area contributed by atoms with Crippen molar-refractivity contribution in [3.05, 3.63) is 53.8 Å². The molecule has 2 aromatic carbocycles. The number of hydrogen-bond acceptors (Lipinski definition) is 6. The van der Waals surface area contributed by atoms with Gasteiger partial charge >= 0.3 is 12.0 Å². The SMILES string of the molecule is COc1nc2cc(N3CCN(C4CN(C)C4)CC3)c(F)cc2n1C(=O)NCCCc1ccccc1. The first-order valence-electron chi connectivity index (χ1n) is 12.3. The van der Waals surface area contributed by atoms with Crippen molar-refractivity contribution in [2.45, 2.75) is 18.9 Å². The van der Waals surface area contributed by atoms with E-state index in [1.165, 1.54) is 23.3 Å². The fourth-order valence-corrected chi connectivity index (χ4v) is 5.08. The Balaban J connectivity index is 1.26. The molecule has 1 aromatic heterocycles. The van der Waals surface area contributed by atoms with Crippen molar-refractivity contribution in [1.82, 2.24) is 24.7 Å². The summed E-state index contributed by atoms with van der Waals surface area (Å²) in [6, 6.07) is 13.7. The predicted octanol–water partition coefficient (Wildman–Crippen LogP) is 2.81. The zero-order valence-corrected chi connectivity index (χ0v) is 20.4. The van der Waals surface area contributed by atoms with Crippen LogP contribution >= 0.6 is 0 Å². The fraction of sp³-hybridized carbons (Fsp3) is 0.462. The van der Waals surface area contributed by atoms with E-state index in [4.69, 9.17) is 4.74 Å². The molecule has 0 radical (unpaired) electrons. The molecule has 35 heavy (non-hydrogen) atoms. The number of carbonyl (C=O) groups excluding carboxylic acids is 1. The highest BCUT2D eigenvalue weighted by Gasteiger charge is 2.32. The average Bonchev–Trinajstić information content (AvgIpc) is 3.22. The van der Waals surface area contributed by atoms with Crippen molar-refractivity contribution in [2.24, 2.45) is 0 Å². The van der Waals surface area contributed by atoms with Gasteiger partial charge in [0.25, 0.3) is 0 Å². The zero-order chi connectivity index (χ0) is 24.4. The maximum Gasteiger partial charge on any atom is 0.330 e. The minimum absolute atomic E-state index is 0.149. The molecule has 3 aromatic rings. The van der Waals surface area contributed by atoms with Crippen molar-refractivity contribution < 1.29 is 13.9 Å². The number of aromatic nitrogens is 2. The second-order valence-corrected chi connectivity index (χ2v) is 9.45. The number of benzene rings is 2. The second-order valence-electron chi connectivity index (χ2n) is 9.45. The average molecular weight is 481 g/mol. The smallest absolute Gasteiger partial charge is 0.330 e. The summed E-state index contributed by atoms with van der Waals surface area (Å²) in [5.41, 5.74) is 2.70. The van der Waals surface area contributed by atoms with E-state index in [1.807, 2.05) is 18.2 Å². The number of aryl methyl sites for hydroxylation is 1. The van der Waals surface area contributed by atoms with Gasteiger partial charge in [-0.1, -0.05) is 30.3 Å². The Labute approximate surface area is 205 Å². The number of amides is 1. The Kier molecular flexibility index (Phi) is 6.88. The number of fused-ring (bicyclic) bond motifs is 1. The number of hydrogen-bond donors (Lipinski definition) is 1. The normalized spacial score (nSPS) is 17.5. The van der Waals surface area contributed by atoms with E-state index in [9.17, 15) is 4.79 Å². The topological polar surface area (TPSA) is 65.9 Å². The molecule has 1 amide bonds. The lowest BCUT2D eigenvalue weighted by atomic mass is 10.1. The first-order valence-corrected chi connectivity index (χ1v) is 12.3. The number of carbonyl (C=O) groups is 1. The van der Waals surface area contributed by atoms with Gasteiger partial charge in [0, 0.05) is 57.9 Å². The van der Waals surface area contributed by atoms with E-state index in [2.05, 4.69) is 44.2 Å². The maximum atomic E-state index is 15.3. The second kappa shape index (κ2) is 10.2. The quantitative estimate of drug-likeness (QED) is 0.525. The molecule has 0 aliphatic carbocycles. The van der Waals surface area contributed by atoms with Crippen molar-refractivity contribution in [1.29, 1.82) is 0 Å². The fourth-order valence-electron chi connectivity index (χ4n) is 5.08. The molecular formula is C26H33FN6O2. The molecule has 0 spiro atoms. The monoisotopic (exact) mass is 480 g/mol. The highest BCUT2D eigenvalue weighted by atomic mass is 19.1. The largest absolute Gasteiger partial charge is 0.468 e. The Bertz CT molecular complexity index is 1170. The third-order valence-electron chi connectivity index (χ3n) is 7.06. The molecule has 0 unspecified atom stereocenters. The van der Waals surface area contributed by atoms with E-state index in [1.54, 1.807) is 6.07 Å². The Hall–Kier alpha value is -3.17. The Morgan fingerprint density at radius 3 is 2.57 bits per heavy atom. The van der Waals surface area contributed by atoms with E-state index in [-0.39, 0.29) is 17.9 Å². The van der Waals surface area contributed by atoms with Crippen LogP contribution in [0, 0.1) is 5.82 Å². The lowest BCUT2D eigenvalue weighted by Gasteiger charge is -2.47. The summed E-state index contributed by atoms with van der Waals surface area (Å²) in [4.78, 5) is 24.3. The molecule has 9 heteroatoms. The minimum Gasteiger partial charge on any atom is -0.468 e. The summed E-state index contributed by atoms with van der Waals surface area (Å²) in [5, 5.41) is 2.91. The summed E-state index contributed by atoms with van der Waals surface area (Å²) in [6.07, 6.45) is 1.66. The zero-order valence-electron chi connectivity index (χ0n) is 20.4. The number of imidazole rings is 1. The summed E-state index contributed by atoms with van der Waals surface area (Å²) in [5.74, 6) is -0.352. The maximum absolute atomic E-state index is 15.3. The molecule has 2 aliphatic rings. The van der Waals surface area contributed by atoms with E-state index < -0.39 is 0 Å². The van der Waals surface area contributed by atoms with Gasteiger partial charge in [0.2, 0.25) is 0 Å². The molecule has 2 saturated heterocycles. The van der Waals surface area contributed by atoms with Crippen molar-refractivity contribution in [2.75, 3.05) is 64.9 Å². The number of rotatable bonds is 7. The van der Waals surface area contributed by atoms with Gasteiger partial charge in [-0.25, -0.2) is 13.8 Å². The molecule has 1 N–H and O–H groups in total. The standard InChI is InChI=1S/C26H33FN6O2/c1-30-17-20(18-30)31-11-13-32(14-12-31)23-16-22-24(15-21(23)27)33(26(29-22)35-2)25(34)28-10-6-9-19-7-4-3-5-8-19/h3-5,7-8,15-16,20H,6,9-14,17-18H2,1-2H3,(H,28,34). The highest BCUT2D eigenvalue weighted by molar-refractivity contribution is 5.92. The van der Waals surface area contributed by atoms with E-state index in [0.29, 0.717) is 29.3 Å². The molecule has 0 saturated carbocycles. The molecular weight excluding hydrogens is 447 g/mol. The molecule has 2 aliphatic heterocycles. The number of anilines is 1. The summed E-state index contributed by atoms with van der Waals surface area (Å²) < 4.78 is 21.9. The van der Waals surface area contributed by atoms with Crippen molar-refractivity contribution >= 4 is 22.8 Å². The molecule has 0 bridgehead atoms. The van der Waals surface area contributed by atoms with Crippen molar-refractivity contribution in [3.8, 4) is 6.01 Å². The van der Waals surface area contributed by atoms with Gasteiger partial charge in [-0.15, -0.1) is 0 Å². The van der Waals surface area contributed by atoms with Gasteiger partial charge < -0.3 is 19.9 Å². The molecule has 5 rings (SSSR count). The first kappa shape index (κ1) is 23.6. The number of ether oxygens (including phenoxy) is 1. The van der Waals surface area contributed by atoms with Crippen LogP contribution in [0.1, 0.15) is 12.0 Å². The van der Waals surface area contributed by atoms with Crippen LogP contribution in [0.2, 0.25) is 0 Å². The van der Waals surface area contributed by atoms with Crippen molar-refractivity contribution in [3.63, 3.8) is 0 Å². The number of piperazine rings is 1. The number of nitrogens with one attached hydrogen (secondary N) is 1. The molecule has 8 nitrogen and oxygen atoms in total. The molecule has 0 atom stereocenters. The third-order valence-corrected chi connectivity index (χ3v) is 7.06. The lowest BCUT2D eigenvalue weighted by molar-refractivity contribution is 0.0487. The first-order chi connectivity index (χ1) is 17.0. The lowest BCUT2D eigenvalue weighted by Crippen LogP contribution is -2.62. The number of likely N-dealkylation sites (tertiary alicyclic amines) is 1. The molecule has 2 fully saturated rings. The molecule has 186 valence electrons. The van der Waals surface area contributed by atoms with Gasteiger partial charge in [0.05, 0.1) is 23.8 Å². The Morgan fingerprint density at radius 2 is 1.89 bits per heavy atom. The van der Waals surface area contributed by atoms with Gasteiger partial charge in [0.15, 0.2) is 0 Å². The van der Waals surface area contributed by atoms with Crippen LogP contribution in [0.25, 0.3) is 11.0 Å². The highest BCUT2D eigenvalue weighted by Crippen LogP contribution is 2.30. The van der Waals surface area contributed by atoms with Crippen LogP contribution < -0.4 is 15.0 Å². The van der Waals surface area contributed by atoms with Crippen LogP contribution in [0.5, 0.6) is 6.01 Å². The van der Waals surface area contributed by atoms with E-state index in [0.717, 1.165) is 52.1 Å². The third kappa shape index (κ3) is 4.97. The number of methoxy groups -OCH3 is 1. The molecule has 3 heterocycles. The predicted molar refractivity (Wildman–Crippen MR) is 135 cm³/mol. The van der Waals surface area contributed by atoms with Gasteiger partial charge in [-0.05, 0) is 31.5 Å². The summed E-state index contributed by atoms with van der Waals surface area (Å²) in [7, 11) is 3.60. The van der Waals surface area contributed by atoms with Crippen LogP contribution in [-0.2, 0) is 6.42 Å².